The van der Waals surface area contributed by atoms with Gasteiger partial charge in [-0.2, -0.15) is 0 Å². The summed E-state index contributed by atoms with van der Waals surface area (Å²) in [6.45, 7) is 3.75. The third-order valence-electron chi connectivity index (χ3n) is 5.97. The van der Waals surface area contributed by atoms with Crippen LogP contribution in [0.4, 0.5) is 0 Å². The summed E-state index contributed by atoms with van der Waals surface area (Å²) in [6, 6.07) is 16.3. The topological polar surface area (TPSA) is 69.7 Å². The number of methoxy groups -OCH3 is 2. The van der Waals surface area contributed by atoms with E-state index in [1.165, 1.54) is 14.2 Å². The fraction of sp³-hybridized carbons (Fsp3) is 0.348. The van der Waals surface area contributed by atoms with Gasteiger partial charge >= 0.3 is 11.9 Å². The lowest BCUT2D eigenvalue weighted by Gasteiger charge is -2.20. The second-order valence-corrected chi connectivity index (χ2v) is 7.15. The van der Waals surface area contributed by atoms with E-state index in [2.05, 4.69) is 0 Å². The number of carbonyl (C=O) groups excluding carboxylic acids is 3. The van der Waals surface area contributed by atoms with Crippen molar-refractivity contribution in [3.8, 4) is 0 Å². The molecule has 5 nitrogen and oxygen atoms in total. The molecule has 1 saturated carbocycles. The van der Waals surface area contributed by atoms with Crippen molar-refractivity contribution in [2.75, 3.05) is 14.2 Å². The minimum Gasteiger partial charge on any atom is -0.468 e. The number of Topliss-reactive ketones (excluding diaryl/α,β-unsaturated/α-hetero) is 1. The molecule has 2 aromatic rings. The van der Waals surface area contributed by atoms with E-state index >= 15 is 0 Å². The Bertz CT molecular complexity index is 884. The summed E-state index contributed by atoms with van der Waals surface area (Å²) in [7, 11) is 2.45. The van der Waals surface area contributed by atoms with Crippen molar-refractivity contribution >= 4 is 17.7 Å². The average Bonchev–Trinajstić information content (AvgIpc) is 3.38. The van der Waals surface area contributed by atoms with Gasteiger partial charge in [-0.05, 0) is 18.9 Å². The average molecular weight is 380 g/mol. The third-order valence-corrected chi connectivity index (χ3v) is 5.97. The summed E-state index contributed by atoms with van der Waals surface area (Å²) in [6.07, 6.45) is 0.295. The second kappa shape index (κ2) is 7.23. The molecule has 0 spiro atoms. The Hall–Kier alpha value is -2.95. The molecule has 3 rings (SSSR count). The fourth-order valence-electron chi connectivity index (χ4n) is 4.64. The van der Waals surface area contributed by atoms with Gasteiger partial charge in [0.25, 0.3) is 0 Å². The van der Waals surface area contributed by atoms with E-state index < -0.39 is 28.7 Å². The second-order valence-electron chi connectivity index (χ2n) is 7.15. The maximum atomic E-state index is 13.7. The smallest absolute Gasteiger partial charge is 0.324 e. The molecular weight excluding hydrogens is 356 g/mol. The molecule has 0 bridgehead atoms. The Labute approximate surface area is 164 Å². The Morgan fingerprint density at radius 2 is 1.43 bits per heavy atom. The van der Waals surface area contributed by atoms with Crippen LogP contribution in [0.5, 0.6) is 0 Å². The number of benzene rings is 2. The van der Waals surface area contributed by atoms with Crippen LogP contribution in [0.1, 0.15) is 40.7 Å². The van der Waals surface area contributed by atoms with Crippen LogP contribution in [0.25, 0.3) is 0 Å². The van der Waals surface area contributed by atoms with Crippen molar-refractivity contribution in [3.05, 3.63) is 71.3 Å². The first kappa shape index (κ1) is 19.8. The standard InChI is InChI=1S/C23H24O5/c1-5-22(19(24)17-13-11-15(2)12-14-17)18(16-9-7-6-8-10-16)23(22,20(25)27-3)21(26)28-4/h6-14,18H,5H2,1-4H3. The quantitative estimate of drug-likeness (QED) is 0.434. The normalized spacial score (nSPS) is 22.2. The molecule has 2 aromatic carbocycles. The summed E-state index contributed by atoms with van der Waals surface area (Å²) in [5.41, 5.74) is -0.744. The van der Waals surface area contributed by atoms with Crippen molar-refractivity contribution in [2.24, 2.45) is 10.8 Å². The number of esters is 2. The van der Waals surface area contributed by atoms with Crippen LogP contribution < -0.4 is 0 Å². The van der Waals surface area contributed by atoms with E-state index in [0.717, 1.165) is 11.1 Å². The minimum absolute atomic E-state index is 0.250. The Morgan fingerprint density at radius 1 is 0.893 bits per heavy atom. The number of carbonyl (C=O) groups is 3. The fourth-order valence-corrected chi connectivity index (χ4v) is 4.64. The highest BCUT2D eigenvalue weighted by Gasteiger charge is 2.88. The van der Waals surface area contributed by atoms with E-state index in [4.69, 9.17) is 9.47 Å². The van der Waals surface area contributed by atoms with Crippen molar-refractivity contribution < 1.29 is 23.9 Å². The van der Waals surface area contributed by atoms with E-state index in [9.17, 15) is 14.4 Å². The lowest BCUT2D eigenvalue weighted by Crippen LogP contribution is -2.37. The molecule has 2 atom stereocenters. The highest BCUT2D eigenvalue weighted by Crippen LogP contribution is 2.77. The Morgan fingerprint density at radius 3 is 1.89 bits per heavy atom. The SMILES string of the molecule is CCC1(C(=O)c2ccc(C)cc2)C(c2ccccc2)C1(C(=O)OC)C(=O)OC. The molecule has 5 heteroatoms. The van der Waals surface area contributed by atoms with Gasteiger partial charge in [0.15, 0.2) is 11.2 Å². The van der Waals surface area contributed by atoms with Crippen LogP contribution in [0, 0.1) is 17.8 Å². The largest absolute Gasteiger partial charge is 0.468 e. The molecular formula is C23H24O5. The molecule has 0 saturated heterocycles. The molecule has 1 aliphatic rings. The summed E-state index contributed by atoms with van der Waals surface area (Å²) in [5, 5.41) is 0. The zero-order chi connectivity index (χ0) is 20.5. The number of hydrogen-bond acceptors (Lipinski definition) is 5. The summed E-state index contributed by atoms with van der Waals surface area (Å²) >= 11 is 0. The van der Waals surface area contributed by atoms with E-state index in [-0.39, 0.29) is 5.78 Å². The highest BCUT2D eigenvalue weighted by molar-refractivity contribution is 6.18. The number of ether oxygens (including phenoxy) is 2. The van der Waals surface area contributed by atoms with Crippen molar-refractivity contribution in [3.63, 3.8) is 0 Å². The maximum Gasteiger partial charge on any atom is 0.324 e. The molecule has 0 N–H and O–H groups in total. The van der Waals surface area contributed by atoms with E-state index in [1.807, 2.05) is 56.3 Å². The minimum atomic E-state index is -1.70. The summed E-state index contributed by atoms with van der Waals surface area (Å²) in [5.74, 6) is -2.38. The van der Waals surface area contributed by atoms with Crippen LogP contribution in [-0.4, -0.2) is 31.9 Å². The first-order valence-electron chi connectivity index (χ1n) is 9.25. The molecule has 1 aliphatic carbocycles. The summed E-state index contributed by atoms with van der Waals surface area (Å²) < 4.78 is 10.0. The van der Waals surface area contributed by atoms with Crippen molar-refractivity contribution in [1.29, 1.82) is 0 Å². The molecule has 0 amide bonds. The Balaban J connectivity index is 2.25. The first-order valence-corrected chi connectivity index (χ1v) is 9.25. The number of rotatable bonds is 6. The zero-order valence-corrected chi connectivity index (χ0v) is 16.5. The van der Waals surface area contributed by atoms with Gasteiger partial charge < -0.3 is 9.47 Å². The summed E-state index contributed by atoms with van der Waals surface area (Å²) in [4.78, 5) is 39.6. The van der Waals surface area contributed by atoms with Gasteiger partial charge in [-0.25, -0.2) is 0 Å². The van der Waals surface area contributed by atoms with Gasteiger partial charge in [-0.15, -0.1) is 0 Å². The first-order chi connectivity index (χ1) is 13.4. The molecule has 0 heterocycles. The van der Waals surface area contributed by atoms with Crippen LogP contribution in [0.3, 0.4) is 0 Å². The predicted octanol–water partition coefficient (Wildman–Crippen LogP) is 3.70. The highest BCUT2D eigenvalue weighted by atomic mass is 16.5. The monoisotopic (exact) mass is 380 g/mol. The molecule has 1 fully saturated rings. The molecule has 0 aromatic heterocycles. The lowest BCUT2D eigenvalue weighted by atomic mass is 9.82. The van der Waals surface area contributed by atoms with Gasteiger partial charge in [0.05, 0.1) is 19.6 Å². The molecule has 0 radical (unpaired) electrons. The van der Waals surface area contributed by atoms with Gasteiger partial charge in [-0.3, -0.25) is 14.4 Å². The molecule has 2 unspecified atom stereocenters. The van der Waals surface area contributed by atoms with Crippen LogP contribution in [0.15, 0.2) is 54.6 Å². The van der Waals surface area contributed by atoms with Crippen molar-refractivity contribution in [2.45, 2.75) is 26.2 Å². The van der Waals surface area contributed by atoms with Gasteiger partial charge in [0.2, 0.25) is 0 Å². The molecule has 28 heavy (non-hydrogen) atoms. The van der Waals surface area contributed by atoms with Gasteiger partial charge in [0, 0.05) is 11.5 Å². The van der Waals surface area contributed by atoms with E-state index in [0.29, 0.717) is 12.0 Å². The van der Waals surface area contributed by atoms with Gasteiger partial charge in [0.1, 0.15) is 0 Å². The van der Waals surface area contributed by atoms with Crippen LogP contribution in [-0.2, 0) is 19.1 Å². The molecule has 146 valence electrons. The van der Waals surface area contributed by atoms with Crippen LogP contribution >= 0.6 is 0 Å². The predicted molar refractivity (Wildman–Crippen MR) is 104 cm³/mol. The lowest BCUT2D eigenvalue weighted by molar-refractivity contribution is -0.163. The van der Waals surface area contributed by atoms with Crippen LogP contribution in [0.2, 0.25) is 0 Å². The number of ketones is 1. The Kier molecular flexibility index (Phi) is 5.11. The van der Waals surface area contributed by atoms with Gasteiger partial charge in [-0.1, -0.05) is 67.1 Å². The third kappa shape index (κ3) is 2.49. The number of aryl methyl sites for hydroxylation is 1. The molecule has 0 aliphatic heterocycles. The zero-order valence-electron chi connectivity index (χ0n) is 16.5. The number of hydrogen-bond donors (Lipinski definition) is 0. The van der Waals surface area contributed by atoms with E-state index in [1.54, 1.807) is 12.1 Å². The maximum absolute atomic E-state index is 13.7. The van der Waals surface area contributed by atoms with Crippen molar-refractivity contribution in [1.82, 2.24) is 0 Å².